The van der Waals surface area contributed by atoms with E-state index in [2.05, 4.69) is 21.2 Å². The monoisotopic (exact) mass is 345 g/mol. The van der Waals surface area contributed by atoms with E-state index in [9.17, 15) is 4.79 Å². The lowest BCUT2D eigenvalue weighted by Gasteiger charge is -2.18. The summed E-state index contributed by atoms with van der Waals surface area (Å²) in [5.74, 6) is 0.632. The first-order chi connectivity index (χ1) is 9.96. The first-order valence-corrected chi connectivity index (χ1v) is 7.62. The number of para-hydroxylation sites is 1. The highest BCUT2D eigenvalue weighted by atomic mass is 79.9. The first-order valence-electron chi connectivity index (χ1n) is 6.83. The molecule has 1 amide bonds. The summed E-state index contributed by atoms with van der Waals surface area (Å²) < 4.78 is 6.74. The first kappa shape index (κ1) is 14.1. The number of benzene rings is 2. The molecule has 0 spiro atoms. The standard InChI is InChI=1S/C17H16BrNO2/c1-17(2)10-11-6-5-9-14(15(11)21-17)19-16(20)12-7-3-4-8-13(12)18/h3-9H,10H2,1-2H3,(H,19,20). The van der Waals surface area contributed by atoms with Crippen LogP contribution in [0.4, 0.5) is 5.69 Å². The number of carbonyl (C=O) groups is 1. The highest BCUT2D eigenvalue weighted by molar-refractivity contribution is 9.10. The van der Waals surface area contributed by atoms with Crippen molar-refractivity contribution >= 4 is 27.5 Å². The number of halogens is 1. The van der Waals surface area contributed by atoms with Crippen molar-refractivity contribution in [2.24, 2.45) is 0 Å². The van der Waals surface area contributed by atoms with Gasteiger partial charge in [-0.1, -0.05) is 24.3 Å². The van der Waals surface area contributed by atoms with Gasteiger partial charge in [-0.15, -0.1) is 0 Å². The summed E-state index contributed by atoms with van der Waals surface area (Å²) in [7, 11) is 0. The average Bonchev–Trinajstić information content (AvgIpc) is 2.74. The van der Waals surface area contributed by atoms with E-state index in [1.54, 1.807) is 6.07 Å². The van der Waals surface area contributed by atoms with Crippen molar-refractivity contribution in [2.75, 3.05) is 5.32 Å². The fourth-order valence-corrected chi connectivity index (χ4v) is 3.01. The molecule has 0 aliphatic carbocycles. The molecular weight excluding hydrogens is 330 g/mol. The Morgan fingerprint density at radius 3 is 2.71 bits per heavy atom. The second-order valence-electron chi connectivity index (χ2n) is 5.77. The van der Waals surface area contributed by atoms with E-state index in [0.29, 0.717) is 5.56 Å². The summed E-state index contributed by atoms with van der Waals surface area (Å²) in [6.45, 7) is 4.10. The van der Waals surface area contributed by atoms with Crippen molar-refractivity contribution in [1.29, 1.82) is 0 Å². The molecule has 4 heteroatoms. The van der Waals surface area contributed by atoms with E-state index in [0.717, 1.165) is 27.9 Å². The molecule has 0 atom stereocenters. The van der Waals surface area contributed by atoms with Gasteiger partial charge in [0.1, 0.15) is 11.4 Å². The van der Waals surface area contributed by atoms with E-state index < -0.39 is 0 Å². The predicted octanol–water partition coefficient (Wildman–Crippen LogP) is 4.41. The molecule has 0 unspecified atom stereocenters. The third kappa shape index (κ3) is 2.81. The van der Waals surface area contributed by atoms with Crippen LogP contribution in [0.3, 0.4) is 0 Å². The van der Waals surface area contributed by atoms with Gasteiger partial charge in [0.05, 0.1) is 11.3 Å². The van der Waals surface area contributed by atoms with E-state index in [4.69, 9.17) is 4.74 Å². The van der Waals surface area contributed by atoms with E-state index in [1.807, 2.05) is 50.2 Å². The van der Waals surface area contributed by atoms with Crippen molar-refractivity contribution in [3.8, 4) is 5.75 Å². The van der Waals surface area contributed by atoms with E-state index in [-0.39, 0.29) is 11.5 Å². The zero-order valence-corrected chi connectivity index (χ0v) is 13.5. The molecule has 1 N–H and O–H groups in total. The van der Waals surface area contributed by atoms with Crippen LogP contribution in [0.15, 0.2) is 46.9 Å². The van der Waals surface area contributed by atoms with Crippen LogP contribution >= 0.6 is 15.9 Å². The van der Waals surface area contributed by atoms with Crippen LogP contribution in [0, 0.1) is 0 Å². The van der Waals surface area contributed by atoms with Gasteiger partial charge in [-0.3, -0.25) is 4.79 Å². The zero-order chi connectivity index (χ0) is 15.0. The van der Waals surface area contributed by atoms with Crippen LogP contribution in [-0.2, 0) is 6.42 Å². The maximum Gasteiger partial charge on any atom is 0.256 e. The molecule has 1 aliphatic heterocycles. The minimum absolute atomic E-state index is 0.149. The maximum absolute atomic E-state index is 12.4. The number of rotatable bonds is 2. The Bertz CT molecular complexity index is 710. The van der Waals surface area contributed by atoms with Crippen LogP contribution in [0.25, 0.3) is 0 Å². The van der Waals surface area contributed by atoms with Gasteiger partial charge in [-0.25, -0.2) is 0 Å². The topological polar surface area (TPSA) is 38.3 Å². The molecule has 0 saturated carbocycles. The van der Waals surface area contributed by atoms with Crippen LogP contribution in [0.1, 0.15) is 29.8 Å². The molecule has 1 aliphatic rings. The summed E-state index contributed by atoms with van der Waals surface area (Å²) in [6, 6.07) is 13.2. The van der Waals surface area contributed by atoms with Crippen molar-refractivity contribution in [2.45, 2.75) is 25.9 Å². The fraction of sp³-hybridized carbons (Fsp3) is 0.235. The molecular formula is C17H16BrNO2. The number of fused-ring (bicyclic) bond motifs is 1. The van der Waals surface area contributed by atoms with Gasteiger partial charge in [-0.2, -0.15) is 0 Å². The van der Waals surface area contributed by atoms with Crippen LogP contribution in [-0.4, -0.2) is 11.5 Å². The van der Waals surface area contributed by atoms with Crippen LogP contribution < -0.4 is 10.1 Å². The number of nitrogens with one attached hydrogen (secondary N) is 1. The molecule has 2 aromatic rings. The molecule has 2 aromatic carbocycles. The summed E-state index contributed by atoms with van der Waals surface area (Å²) in [5.41, 5.74) is 2.23. The van der Waals surface area contributed by atoms with Crippen LogP contribution in [0.2, 0.25) is 0 Å². The maximum atomic E-state index is 12.4. The summed E-state index contributed by atoms with van der Waals surface area (Å²) in [5, 5.41) is 2.94. The molecule has 1 heterocycles. The lowest BCUT2D eigenvalue weighted by atomic mass is 10.0. The van der Waals surface area contributed by atoms with Gasteiger partial charge in [0, 0.05) is 16.5 Å². The number of hydrogen-bond acceptors (Lipinski definition) is 2. The lowest BCUT2D eigenvalue weighted by Crippen LogP contribution is -2.25. The molecule has 0 radical (unpaired) electrons. The number of amides is 1. The highest BCUT2D eigenvalue weighted by Crippen LogP contribution is 2.40. The van der Waals surface area contributed by atoms with Gasteiger partial charge < -0.3 is 10.1 Å². The minimum atomic E-state index is -0.226. The predicted molar refractivity (Wildman–Crippen MR) is 86.9 cm³/mol. The van der Waals surface area contributed by atoms with Gasteiger partial charge in [0.2, 0.25) is 0 Å². The van der Waals surface area contributed by atoms with Gasteiger partial charge >= 0.3 is 0 Å². The second kappa shape index (κ2) is 5.19. The smallest absolute Gasteiger partial charge is 0.256 e. The Hall–Kier alpha value is -1.81. The Morgan fingerprint density at radius 2 is 1.95 bits per heavy atom. The van der Waals surface area contributed by atoms with Crippen molar-refractivity contribution in [3.05, 3.63) is 58.1 Å². The fourth-order valence-electron chi connectivity index (χ4n) is 2.55. The number of anilines is 1. The number of hydrogen-bond donors (Lipinski definition) is 1. The molecule has 0 saturated heterocycles. The van der Waals surface area contributed by atoms with E-state index >= 15 is 0 Å². The van der Waals surface area contributed by atoms with Crippen molar-refractivity contribution < 1.29 is 9.53 Å². The summed E-state index contributed by atoms with van der Waals surface area (Å²) in [6.07, 6.45) is 0.848. The zero-order valence-electron chi connectivity index (χ0n) is 11.9. The Balaban J connectivity index is 1.89. The number of carbonyl (C=O) groups excluding carboxylic acids is 1. The van der Waals surface area contributed by atoms with Gasteiger partial charge in [-0.05, 0) is 48.0 Å². The number of ether oxygens (including phenoxy) is 1. The second-order valence-corrected chi connectivity index (χ2v) is 6.62. The lowest BCUT2D eigenvalue weighted by molar-refractivity contribution is 0.102. The van der Waals surface area contributed by atoms with Crippen LogP contribution in [0.5, 0.6) is 5.75 Å². The molecule has 0 fully saturated rings. The highest BCUT2D eigenvalue weighted by Gasteiger charge is 2.32. The quantitative estimate of drug-likeness (QED) is 0.875. The van der Waals surface area contributed by atoms with Crippen molar-refractivity contribution in [3.63, 3.8) is 0 Å². The third-order valence-electron chi connectivity index (χ3n) is 3.46. The van der Waals surface area contributed by atoms with E-state index in [1.165, 1.54) is 0 Å². The van der Waals surface area contributed by atoms with Crippen molar-refractivity contribution in [1.82, 2.24) is 0 Å². The third-order valence-corrected chi connectivity index (χ3v) is 4.15. The molecule has 3 nitrogen and oxygen atoms in total. The molecule has 21 heavy (non-hydrogen) atoms. The molecule has 108 valence electrons. The normalized spacial score (nSPS) is 15.2. The molecule has 3 rings (SSSR count). The summed E-state index contributed by atoms with van der Waals surface area (Å²) in [4.78, 5) is 12.4. The average molecular weight is 346 g/mol. The van der Waals surface area contributed by atoms with Gasteiger partial charge in [0.25, 0.3) is 5.91 Å². The SMILES string of the molecule is CC1(C)Cc2cccc(NC(=O)c3ccccc3Br)c2O1. The Labute approximate surface area is 132 Å². The van der Waals surface area contributed by atoms with Gasteiger partial charge in [0.15, 0.2) is 0 Å². The Kier molecular flexibility index (Phi) is 3.49. The minimum Gasteiger partial charge on any atom is -0.485 e. The Morgan fingerprint density at radius 1 is 1.19 bits per heavy atom. The summed E-state index contributed by atoms with van der Waals surface area (Å²) >= 11 is 3.40. The molecule has 0 bridgehead atoms. The molecule has 0 aromatic heterocycles. The largest absolute Gasteiger partial charge is 0.485 e.